The Labute approximate surface area is 383 Å². The third-order valence-corrected chi connectivity index (χ3v) is 15.1. The number of nitrogens with one attached hydrogen (secondary N) is 4. The molecule has 16 nitrogen and oxygen atoms in total. The van der Waals surface area contributed by atoms with Crippen LogP contribution >= 0.6 is 0 Å². The Bertz CT molecular complexity index is 2670. The molecule has 4 fully saturated rings. The molecular weight excluding hydrogens is 841 g/mol. The highest BCUT2D eigenvalue weighted by atomic mass is 16.5. The Hall–Kier alpha value is -6.16. The summed E-state index contributed by atoms with van der Waals surface area (Å²) >= 11 is 0. The minimum absolute atomic E-state index is 0.0134. The fourth-order valence-corrected chi connectivity index (χ4v) is 11.7. The predicted octanol–water partition coefficient (Wildman–Crippen LogP) is 8.08. The molecule has 4 aliphatic heterocycles. The molecule has 0 spiro atoms. The first-order chi connectivity index (χ1) is 32.0. The van der Waals surface area contributed by atoms with Gasteiger partial charge in [0, 0.05) is 36.2 Å². The molecule has 66 heavy (non-hydrogen) atoms. The van der Waals surface area contributed by atoms with E-state index in [2.05, 4.69) is 70.0 Å². The van der Waals surface area contributed by atoms with E-state index in [1.165, 1.54) is 14.2 Å². The number of H-pyrrole nitrogens is 2. The number of ether oxygens (including phenoxy) is 4. The van der Waals surface area contributed by atoms with Crippen LogP contribution in [0.5, 0.6) is 5.75 Å². The number of carbonyl (C=O) groups excluding carboxylic acids is 4. The minimum atomic E-state index is -0.720. The number of rotatable bonds is 10. The molecule has 6 heterocycles. The summed E-state index contributed by atoms with van der Waals surface area (Å²) in [5.41, 5.74) is 6.67. The van der Waals surface area contributed by atoms with E-state index in [1.807, 2.05) is 29.8 Å². The summed E-state index contributed by atoms with van der Waals surface area (Å²) in [5.74, 6) is 2.27. The number of methoxy groups -OCH3 is 2. The molecule has 5 aliphatic rings. The summed E-state index contributed by atoms with van der Waals surface area (Å²) in [7, 11) is 2.63. The Morgan fingerprint density at radius 3 is 2.42 bits per heavy atom. The lowest BCUT2D eigenvalue weighted by molar-refractivity contribution is -0.139. The molecular formula is C50H60N8O8. The van der Waals surface area contributed by atoms with Crippen LogP contribution in [-0.4, -0.2) is 105 Å². The van der Waals surface area contributed by atoms with E-state index in [0.29, 0.717) is 38.6 Å². The number of aromatic amines is 2. The lowest BCUT2D eigenvalue weighted by atomic mass is 9.90. The van der Waals surface area contributed by atoms with Crippen molar-refractivity contribution in [1.82, 2.24) is 40.4 Å². The Morgan fingerprint density at radius 1 is 0.848 bits per heavy atom. The second-order valence-electron chi connectivity index (χ2n) is 19.1. The number of imidazole rings is 2. The van der Waals surface area contributed by atoms with Crippen LogP contribution in [0.3, 0.4) is 0 Å². The molecule has 16 heteroatoms. The van der Waals surface area contributed by atoms with E-state index >= 15 is 0 Å². The standard InChI is InChI=1S/C50H60N8O8/c1-6-32-12-15-39(57(32)48(60)43(56-50(62)64-5)27-16-18-65-19-17-27)46-52-36-14-11-28-21-35-33-13-10-29(20-31(33)25-66-41(35)23-34(28)44(36)54-46)37-24-51-45(53-37)40-22-30-8-7-9-38(30)58(40)47(59)42(26(2)3)55-49(61)63-4/h10-11,13-14,20-21,23-24,26-27,30,32,38-40,42-43H,6-9,12,15-19,22,25H2,1-5H3,(H,51,53)(H,52,54)(H,55,61)(H,56,62)/t30?,32-,38-,39-,40-,42-,43-/m0/s1. The zero-order chi connectivity index (χ0) is 45.8. The highest BCUT2D eigenvalue weighted by Gasteiger charge is 2.50. The average molecular weight is 901 g/mol. The quantitative estimate of drug-likeness (QED) is 0.107. The molecule has 3 aromatic carbocycles. The average Bonchev–Trinajstić information content (AvgIpc) is 4.19. The normalized spacial score (nSPS) is 23.6. The van der Waals surface area contributed by atoms with Gasteiger partial charge in [-0.1, -0.05) is 45.4 Å². The lowest BCUT2D eigenvalue weighted by Gasteiger charge is -2.36. The van der Waals surface area contributed by atoms with Gasteiger partial charge >= 0.3 is 12.2 Å². The third-order valence-electron chi connectivity index (χ3n) is 15.1. The number of likely N-dealkylation sites (tertiary alicyclic amines) is 2. The van der Waals surface area contributed by atoms with Crippen molar-refractivity contribution in [2.45, 2.75) is 121 Å². The van der Waals surface area contributed by atoms with Crippen molar-refractivity contribution < 1.29 is 38.1 Å². The summed E-state index contributed by atoms with van der Waals surface area (Å²) in [4.78, 5) is 74.8. The number of fused-ring (bicyclic) bond motifs is 7. The first-order valence-electron chi connectivity index (χ1n) is 23.7. The van der Waals surface area contributed by atoms with Crippen molar-refractivity contribution in [1.29, 1.82) is 0 Å². The number of carbonyl (C=O) groups is 4. The molecule has 1 aliphatic carbocycles. The van der Waals surface area contributed by atoms with Crippen molar-refractivity contribution in [3.05, 3.63) is 65.9 Å². The molecule has 4 amide bonds. The van der Waals surface area contributed by atoms with Crippen LogP contribution in [0.15, 0.2) is 48.7 Å². The summed E-state index contributed by atoms with van der Waals surface area (Å²) in [6.07, 6.45) is 8.29. The van der Waals surface area contributed by atoms with Gasteiger partial charge in [-0.2, -0.15) is 0 Å². The fourth-order valence-electron chi connectivity index (χ4n) is 11.7. The van der Waals surface area contributed by atoms with Gasteiger partial charge in [0.05, 0.1) is 49.2 Å². The highest BCUT2D eigenvalue weighted by molar-refractivity contribution is 6.07. The summed E-state index contributed by atoms with van der Waals surface area (Å²) < 4.78 is 21.9. The van der Waals surface area contributed by atoms with Crippen LogP contribution in [0.4, 0.5) is 9.59 Å². The van der Waals surface area contributed by atoms with E-state index in [-0.39, 0.29) is 47.8 Å². The van der Waals surface area contributed by atoms with Gasteiger partial charge in [-0.25, -0.2) is 19.6 Å². The van der Waals surface area contributed by atoms with Gasteiger partial charge in [0.25, 0.3) is 0 Å². The first-order valence-corrected chi connectivity index (χ1v) is 23.7. The number of hydrogen-bond donors (Lipinski definition) is 4. The Morgan fingerprint density at radius 2 is 1.65 bits per heavy atom. The molecule has 0 bridgehead atoms. The monoisotopic (exact) mass is 900 g/mol. The molecule has 2 aromatic heterocycles. The Kier molecular flexibility index (Phi) is 11.9. The van der Waals surface area contributed by atoms with Crippen molar-refractivity contribution in [3.63, 3.8) is 0 Å². The van der Waals surface area contributed by atoms with Crippen LogP contribution in [-0.2, 0) is 30.4 Å². The van der Waals surface area contributed by atoms with Crippen molar-refractivity contribution in [2.75, 3.05) is 27.4 Å². The van der Waals surface area contributed by atoms with Crippen molar-refractivity contribution in [2.24, 2.45) is 17.8 Å². The lowest BCUT2D eigenvalue weighted by Crippen LogP contribution is -2.54. The van der Waals surface area contributed by atoms with Crippen molar-refractivity contribution >= 4 is 45.8 Å². The molecule has 10 rings (SSSR count). The molecule has 4 N–H and O–H groups in total. The molecule has 1 unspecified atom stereocenters. The smallest absolute Gasteiger partial charge is 0.407 e. The van der Waals surface area contributed by atoms with Crippen LogP contribution in [0, 0.1) is 17.8 Å². The number of amides is 4. The van der Waals surface area contributed by atoms with Gasteiger partial charge in [-0.05, 0) is 115 Å². The maximum absolute atomic E-state index is 14.6. The van der Waals surface area contributed by atoms with Gasteiger partial charge in [0.1, 0.15) is 36.1 Å². The fraction of sp³-hybridized carbons (Fsp3) is 0.520. The second kappa shape index (κ2) is 17.9. The minimum Gasteiger partial charge on any atom is -0.488 e. The number of hydrogen-bond acceptors (Lipinski definition) is 10. The largest absolute Gasteiger partial charge is 0.488 e. The predicted molar refractivity (Wildman–Crippen MR) is 246 cm³/mol. The molecule has 3 saturated heterocycles. The van der Waals surface area contributed by atoms with Crippen LogP contribution in [0.1, 0.15) is 108 Å². The molecule has 5 aromatic rings. The maximum Gasteiger partial charge on any atom is 0.407 e. The van der Waals surface area contributed by atoms with E-state index in [1.54, 1.807) is 0 Å². The number of aromatic nitrogens is 4. The third kappa shape index (κ3) is 7.79. The summed E-state index contributed by atoms with van der Waals surface area (Å²) in [6.45, 7) is 7.45. The molecule has 0 radical (unpaired) electrons. The zero-order valence-electron chi connectivity index (χ0n) is 38.4. The van der Waals surface area contributed by atoms with Gasteiger partial charge in [0.2, 0.25) is 11.8 Å². The number of alkyl carbamates (subject to hydrolysis) is 2. The van der Waals surface area contributed by atoms with E-state index in [0.717, 1.165) is 112 Å². The number of nitrogens with zero attached hydrogens (tertiary/aromatic N) is 4. The van der Waals surface area contributed by atoms with Crippen molar-refractivity contribution in [3.8, 4) is 28.1 Å². The van der Waals surface area contributed by atoms with E-state index in [9.17, 15) is 19.2 Å². The van der Waals surface area contributed by atoms with Gasteiger partial charge in [-0.15, -0.1) is 0 Å². The summed E-state index contributed by atoms with van der Waals surface area (Å²) in [6, 6.07) is 13.0. The molecule has 7 atom stereocenters. The van der Waals surface area contributed by atoms with Crippen LogP contribution < -0.4 is 15.4 Å². The highest BCUT2D eigenvalue weighted by Crippen LogP contribution is 2.48. The summed E-state index contributed by atoms with van der Waals surface area (Å²) in [5, 5.41) is 7.65. The number of benzene rings is 3. The van der Waals surface area contributed by atoms with E-state index in [4.69, 9.17) is 28.9 Å². The SMILES string of the molecule is CC[C@H]1CC[C@@H](c2nc3c(ccc4cc5c(cc43)OCc3cc(-c4cnc([C@@H]6CC7CCC[C@@H]7N6C(=O)[C@@H](NC(=O)OC)C(C)C)[nH]4)ccc3-5)[nH]2)N1C(=O)[C@@H](NC(=O)OC)C1CCOCC1. The zero-order valence-corrected chi connectivity index (χ0v) is 38.4. The maximum atomic E-state index is 14.6. The van der Waals surface area contributed by atoms with Gasteiger partial charge in [0.15, 0.2) is 0 Å². The van der Waals surface area contributed by atoms with E-state index < -0.39 is 24.3 Å². The topological polar surface area (TPSA) is 193 Å². The van der Waals surface area contributed by atoms with Gasteiger partial charge < -0.3 is 49.3 Å². The Balaban J connectivity index is 0.911. The molecule has 1 saturated carbocycles. The van der Waals surface area contributed by atoms with Gasteiger partial charge in [-0.3, -0.25) is 9.59 Å². The second-order valence-corrected chi connectivity index (χ2v) is 19.1. The van der Waals surface area contributed by atoms with Crippen LogP contribution in [0.25, 0.3) is 44.2 Å². The molecule has 348 valence electrons. The first kappa shape index (κ1) is 43.7. The van der Waals surface area contributed by atoms with Crippen LogP contribution in [0.2, 0.25) is 0 Å².